The van der Waals surface area contributed by atoms with Gasteiger partial charge in [0.25, 0.3) is 0 Å². The fourth-order valence-electron chi connectivity index (χ4n) is 3.31. The number of nitrogens with zero attached hydrogens (tertiary/aromatic N) is 6. The summed E-state index contributed by atoms with van der Waals surface area (Å²) in [7, 11) is 0. The number of morpholine rings is 1. The van der Waals surface area contributed by atoms with E-state index in [9.17, 15) is 10.1 Å². The highest BCUT2D eigenvalue weighted by molar-refractivity contribution is 5.71. The number of anilines is 2. The van der Waals surface area contributed by atoms with Crippen LogP contribution in [0.4, 0.5) is 17.3 Å². The Bertz CT molecular complexity index is 620. The van der Waals surface area contributed by atoms with Gasteiger partial charge in [-0.1, -0.05) is 6.08 Å². The molecule has 0 spiro atoms. The summed E-state index contributed by atoms with van der Waals surface area (Å²) in [4.78, 5) is 26.1. The van der Waals surface area contributed by atoms with E-state index >= 15 is 0 Å². The van der Waals surface area contributed by atoms with E-state index in [2.05, 4.69) is 21.4 Å². The third kappa shape index (κ3) is 4.05. The molecule has 0 aromatic carbocycles. The molecule has 0 amide bonds. The molecule has 136 valence electrons. The van der Waals surface area contributed by atoms with Gasteiger partial charge in [-0.25, -0.2) is 9.97 Å². The summed E-state index contributed by atoms with van der Waals surface area (Å²) >= 11 is 0. The number of aromatic nitrogens is 2. The quantitative estimate of drug-likeness (QED) is 0.441. The van der Waals surface area contributed by atoms with E-state index in [0.29, 0.717) is 44.5 Å². The minimum absolute atomic E-state index is 0.00145. The van der Waals surface area contributed by atoms with Gasteiger partial charge in [-0.3, -0.25) is 15.0 Å². The van der Waals surface area contributed by atoms with E-state index in [-0.39, 0.29) is 10.6 Å². The van der Waals surface area contributed by atoms with Crippen molar-refractivity contribution in [2.45, 2.75) is 6.42 Å². The molecular formula is C16H24N6O3. The van der Waals surface area contributed by atoms with E-state index < -0.39 is 0 Å². The average molecular weight is 348 g/mol. The summed E-state index contributed by atoms with van der Waals surface area (Å²) in [6.45, 7) is 10.2. The zero-order valence-corrected chi connectivity index (χ0v) is 14.3. The topological polar surface area (TPSA) is 87.9 Å². The van der Waals surface area contributed by atoms with Gasteiger partial charge >= 0.3 is 5.69 Å². The molecule has 0 radical (unpaired) electrons. The van der Waals surface area contributed by atoms with Crippen molar-refractivity contribution in [2.24, 2.45) is 0 Å². The van der Waals surface area contributed by atoms with Gasteiger partial charge in [-0.05, 0) is 6.42 Å². The average Bonchev–Trinajstić information content (AvgIpc) is 2.88. The lowest BCUT2D eigenvalue weighted by Crippen LogP contribution is -2.38. The first-order chi connectivity index (χ1) is 12.2. The van der Waals surface area contributed by atoms with Crippen molar-refractivity contribution in [3.8, 4) is 0 Å². The lowest BCUT2D eigenvalue weighted by molar-refractivity contribution is -0.383. The number of ether oxygens (including phenoxy) is 1. The molecule has 0 bridgehead atoms. The van der Waals surface area contributed by atoms with Crippen molar-refractivity contribution in [2.75, 3.05) is 68.8 Å². The second kappa shape index (κ2) is 8.21. The maximum Gasteiger partial charge on any atom is 0.353 e. The van der Waals surface area contributed by atoms with Crippen LogP contribution in [0.15, 0.2) is 19.0 Å². The Balaban J connectivity index is 1.87. The molecule has 3 heterocycles. The van der Waals surface area contributed by atoms with Crippen LogP contribution >= 0.6 is 0 Å². The van der Waals surface area contributed by atoms with Crippen LogP contribution in [0.2, 0.25) is 0 Å². The molecule has 3 rings (SSSR count). The highest BCUT2D eigenvalue weighted by atomic mass is 16.6. The van der Waals surface area contributed by atoms with Crippen LogP contribution in [0.25, 0.3) is 0 Å². The molecule has 2 aliphatic rings. The van der Waals surface area contributed by atoms with Crippen LogP contribution in [-0.4, -0.2) is 78.8 Å². The van der Waals surface area contributed by atoms with E-state index in [0.717, 1.165) is 32.6 Å². The fraction of sp³-hybridized carbons (Fsp3) is 0.625. The first-order valence-electron chi connectivity index (χ1n) is 8.61. The molecule has 0 aliphatic carbocycles. The molecule has 2 aliphatic heterocycles. The molecule has 2 saturated heterocycles. The van der Waals surface area contributed by atoms with E-state index in [1.54, 1.807) is 0 Å². The second-order valence-electron chi connectivity index (χ2n) is 6.16. The Morgan fingerprint density at radius 2 is 1.80 bits per heavy atom. The molecule has 0 unspecified atom stereocenters. The Kier molecular flexibility index (Phi) is 5.77. The van der Waals surface area contributed by atoms with Crippen molar-refractivity contribution in [1.82, 2.24) is 14.9 Å². The first kappa shape index (κ1) is 17.6. The van der Waals surface area contributed by atoms with E-state index in [4.69, 9.17) is 4.74 Å². The summed E-state index contributed by atoms with van der Waals surface area (Å²) < 4.78 is 5.34. The predicted molar refractivity (Wildman–Crippen MR) is 95.2 cm³/mol. The summed E-state index contributed by atoms with van der Waals surface area (Å²) in [5.41, 5.74) is 0.00145. The first-order valence-corrected chi connectivity index (χ1v) is 8.61. The van der Waals surface area contributed by atoms with Gasteiger partial charge in [0.05, 0.1) is 18.1 Å². The smallest absolute Gasteiger partial charge is 0.353 e. The number of hydrogen-bond acceptors (Lipinski definition) is 8. The van der Waals surface area contributed by atoms with E-state index in [1.807, 2.05) is 15.9 Å². The molecular weight excluding hydrogens is 324 g/mol. The van der Waals surface area contributed by atoms with Gasteiger partial charge in [0.1, 0.15) is 6.33 Å². The maximum absolute atomic E-state index is 11.8. The number of nitro groups is 1. The second-order valence-corrected chi connectivity index (χ2v) is 6.16. The van der Waals surface area contributed by atoms with Crippen LogP contribution in [0.5, 0.6) is 0 Å². The highest BCUT2D eigenvalue weighted by Gasteiger charge is 2.31. The van der Waals surface area contributed by atoms with Gasteiger partial charge in [0.2, 0.25) is 11.6 Å². The summed E-state index contributed by atoms with van der Waals surface area (Å²) in [5, 5.41) is 11.8. The molecule has 2 fully saturated rings. The largest absolute Gasteiger partial charge is 0.378 e. The van der Waals surface area contributed by atoms with Crippen LogP contribution in [0, 0.1) is 10.1 Å². The third-order valence-corrected chi connectivity index (χ3v) is 4.55. The van der Waals surface area contributed by atoms with Crippen molar-refractivity contribution in [3.05, 3.63) is 29.1 Å². The summed E-state index contributed by atoms with van der Waals surface area (Å²) in [6, 6.07) is 0. The third-order valence-electron chi connectivity index (χ3n) is 4.55. The minimum Gasteiger partial charge on any atom is -0.378 e. The van der Waals surface area contributed by atoms with Crippen molar-refractivity contribution in [1.29, 1.82) is 0 Å². The maximum atomic E-state index is 11.8. The van der Waals surface area contributed by atoms with Crippen LogP contribution in [-0.2, 0) is 4.74 Å². The van der Waals surface area contributed by atoms with Crippen LogP contribution < -0.4 is 9.80 Å². The number of rotatable bonds is 5. The zero-order valence-electron chi connectivity index (χ0n) is 14.3. The monoisotopic (exact) mass is 348 g/mol. The van der Waals surface area contributed by atoms with Gasteiger partial charge in [-0.2, -0.15) is 0 Å². The Hall–Kier alpha value is -2.26. The molecule has 1 aromatic rings. The molecule has 0 atom stereocenters. The Morgan fingerprint density at radius 3 is 2.44 bits per heavy atom. The van der Waals surface area contributed by atoms with Crippen molar-refractivity contribution >= 4 is 17.3 Å². The van der Waals surface area contributed by atoms with Crippen LogP contribution in [0.1, 0.15) is 6.42 Å². The van der Waals surface area contributed by atoms with Crippen molar-refractivity contribution < 1.29 is 9.66 Å². The lowest BCUT2D eigenvalue weighted by Gasteiger charge is -2.28. The zero-order chi connectivity index (χ0) is 17.6. The standard InChI is InChI=1S/C16H24N6O3/c1-2-4-19-5-3-6-20(8-7-19)15-14(22(23)24)16(18-13-17-15)21-9-11-25-12-10-21/h2,13H,1,3-12H2. The van der Waals surface area contributed by atoms with Gasteiger partial charge in [0.15, 0.2) is 0 Å². The van der Waals surface area contributed by atoms with Gasteiger partial charge in [0, 0.05) is 45.8 Å². The van der Waals surface area contributed by atoms with Gasteiger partial charge in [-0.15, -0.1) is 6.58 Å². The molecule has 0 saturated carbocycles. The predicted octanol–water partition coefficient (Wildman–Crippen LogP) is 0.920. The molecule has 9 nitrogen and oxygen atoms in total. The molecule has 9 heteroatoms. The van der Waals surface area contributed by atoms with Gasteiger partial charge < -0.3 is 14.5 Å². The fourth-order valence-corrected chi connectivity index (χ4v) is 3.31. The Labute approximate surface area is 147 Å². The normalized spacial score (nSPS) is 19.5. The molecule has 1 aromatic heterocycles. The van der Waals surface area contributed by atoms with Crippen LogP contribution in [0.3, 0.4) is 0 Å². The minimum atomic E-state index is -0.355. The molecule has 25 heavy (non-hydrogen) atoms. The molecule has 0 N–H and O–H groups in total. The Morgan fingerprint density at radius 1 is 1.12 bits per heavy atom. The SMILES string of the molecule is C=CCN1CCCN(c2ncnc(N3CCOCC3)c2[N+](=O)[O-])CC1. The number of hydrogen-bond donors (Lipinski definition) is 0. The summed E-state index contributed by atoms with van der Waals surface area (Å²) in [6.07, 6.45) is 4.25. The van der Waals surface area contributed by atoms with Crippen molar-refractivity contribution in [3.63, 3.8) is 0 Å². The highest BCUT2D eigenvalue weighted by Crippen LogP contribution is 2.34. The lowest BCUT2D eigenvalue weighted by atomic mass is 10.3. The van der Waals surface area contributed by atoms with E-state index in [1.165, 1.54) is 6.33 Å². The summed E-state index contributed by atoms with van der Waals surface area (Å²) in [5.74, 6) is 0.812.